The van der Waals surface area contributed by atoms with Crippen LogP contribution in [0.3, 0.4) is 0 Å². The van der Waals surface area contributed by atoms with Gasteiger partial charge in [-0.25, -0.2) is 4.98 Å². The van der Waals surface area contributed by atoms with E-state index in [-0.39, 0.29) is 0 Å². The molecule has 0 amide bonds. The first-order chi connectivity index (χ1) is 8.36. The van der Waals surface area contributed by atoms with Crippen molar-refractivity contribution in [3.63, 3.8) is 0 Å². The molecule has 0 radical (unpaired) electrons. The summed E-state index contributed by atoms with van der Waals surface area (Å²) in [6.07, 6.45) is 7.40. The number of rotatable bonds is 5. The molecule has 1 saturated heterocycles. The van der Waals surface area contributed by atoms with Gasteiger partial charge in [-0.2, -0.15) is 0 Å². The van der Waals surface area contributed by atoms with Gasteiger partial charge in [0.2, 0.25) is 0 Å². The van der Waals surface area contributed by atoms with Crippen LogP contribution in [0.1, 0.15) is 38.1 Å². The van der Waals surface area contributed by atoms with Gasteiger partial charge < -0.3 is 14.6 Å². The monoisotopic (exact) mass is 237 g/mol. The molecule has 0 bridgehead atoms. The molecule has 2 heterocycles. The van der Waals surface area contributed by atoms with Crippen LogP contribution in [0, 0.1) is 5.92 Å². The zero-order chi connectivity index (χ0) is 12.1. The van der Waals surface area contributed by atoms with E-state index in [0.717, 1.165) is 39.0 Å². The highest BCUT2D eigenvalue weighted by molar-refractivity contribution is 5.02. The van der Waals surface area contributed by atoms with Crippen molar-refractivity contribution in [1.29, 1.82) is 0 Å². The lowest BCUT2D eigenvalue weighted by Crippen LogP contribution is -2.32. The Morgan fingerprint density at radius 1 is 1.53 bits per heavy atom. The molecule has 0 aromatic carbocycles. The van der Waals surface area contributed by atoms with E-state index in [2.05, 4.69) is 28.0 Å². The second kappa shape index (κ2) is 6.17. The number of nitrogens with one attached hydrogen (secondary N) is 1. The first kappa shape index (κ1) is 12.6. The average molecular weight is 237 g/mol. The number of imidazole rings is 1. The Kier molecular flexibility index (Phi) is 4.57. The zero-order valence-corrected chi connectivity index (χ0v) is 10.9. The molecule has 0 aliphatic carbocycles. The Morgan fingerprint density at radius 3 is 2.94 bits per heavy atom. The van der Waals surface area contributed by atoms with Gasteiger partial charge in [0.25, 0.3) is 0 Å². The number of aromatic nitrogens is 2. The Labute approximate surface area is 103 Å². The van der Waals surface area contributed by atoms with E-state index >= 15 is 0 Å². The van der Waals surface area contributed by atoms with Crippen molar-refractivity contribution < 1.29 is 4.74 Å². The molecule has 0 spiro atoms. The molecule has 1 aliphatic rings. The van der Waals surface area contributed by atoms with Gasteiger partial charge in [-0.3, -0.25) is 0 Å². The van der Waals surface area contributed by atoms with E-state index in [1.165, 1.54) is 5.82 Å². The maximum absolute atomic E-state index is 5.43. The van der Waals surface area contributed by atoms with Crippen LogP contribution in [-0.4, -0.2) is 29.8 Å². The molecule has 0 saturated carbocycles. The molecule has 1 N–H and O–H groups in total. The molecule has 2 rings (SSSR count). The summed E-state index contributed by atoms with van der Waals surface area (Å²) < 4.78 is 7.71. The zero-order valence-electron chi connectivity index (χ0n) is 10.9. The molecule has 1 aromatic heterocycles. The smallest absolute Gasteiger partial charge is 0.126 e. The minimum absolute atomic E-state index is 0.362. The number of aryl methyl sites for hydroxylation is 1. The number of hydrogen-bond donors (Lipinski definition) is 1. The van der Waals surface area contributed by atoms with Crippen LogP contribution in [0.15, 0.2) is 12.4 Å². The van der Waals surface area contributed by atoms with Gasteiger partial charge >= 0.3 is 0 Å². The van der Waals surface area contributed by atoms with Crippen LogP contribution < -0.4 is 5.32 Å². The Morgan fingerprint density at radius 2 is 2.29 bits per heavy atom. The van der Waals surface area contributed by atoms with Gasteiger partial charge in [0, 0.05) is 32.2 Å². The lowest BCUT2D eigenvalue weighted by Gasteiger charge is -2.30. The van der Waals surface area contributed by atoms with Crippen molar-refractivity contribution >= 4 is 0 Å². The molecule has 4 nitrogen and oxygen atoms in total. The Balaban J connectivity index is 2.12. The Bertz CT molecular complexity index is 331. The van der Waals surface area contributed by atoms with Crippen LogP contribution in [0.25, 0.3) is 0 Å². The summed E-state index contributed by atoms with van der Waals surface area (Å²) in [6, 6.07) is 0.362. The van der Waals surface area contributed by atoms with Gasteiger partial charge in [0.15, 0.2) is 0 Å². The van der Waals surface area contributed by atoms with E-state index in [1.807, 2.05) is 13.2 Å². The Hall–Kier alpha value is -0.870. The topological polar surface area (TPSA) is 39.1 Å². The van der Waals surface area contributed by atoms with Crippen molar-refractivity contribution in [2.75, 3.05) is 20.3 Å². The SMILES string of the molecule is CCCn1ccnc1C(NC)C1CCOCC1. The highest BCUT2D eigenvalue weighted by Crippen LogP contribution is 2.28. The largest absolute Gasteiger partial charge is 0.381 e. The van der Waals surface area contributed by atoms with Crippen LogP contribution in [-0.2, 0) is 11.3 Å². The van der Waals surface area contributed by atoms with Gasteiger partial charge in [-0.1, -0.05) is 6.92 Å². The van der Waals surface area contributed by atoms with Crippen LogP contribution in [0.4, 0.5) is 0 Å². The fourth-order valence-electron chi connectivity index (χ4n) is 2.65. The summed E-state index contributed by atoms with van der Waals surface area (Å²) in [5, 5.41) is 3.43. The third-order valence-corrected chi connectivity index (χ3v) is 3.54. The second-order valence-electron chi connectivity index (χ2n) is 4.69. The molecule has 17 heavy (non-hydrogen) atoms. The predicted octanol–water partition coefficient (Wildman–Crippen LogP) is 1.98. The van der Waals surface area contributed by atoms with Crippen molar-refractivity contribution in [3.05, 3.63) is 18.2 Å². The molecular formula is C13H23N3O. The third kappa shape index (κ3) is 2.87. The molecule has 1 aromatic rings. The standard InChI is InChI=1S/C13H23N3O/c1-3-7-16-8-6-15-13(16)12(14-2)11-4-9-17-10-5-11/h6,8,11-12,14H,3-5,7,9-10H2,1-2H3. The van der Waals surface area contributed by atoms with Crippen LogP contribution in [0.5, 0.6) is 0 Å². The molecule has 1 fully saturated rings. The van der Waals surface area contributed by atoms with Gasteiger partial charge in [0.05, 0.1) is 6.04 Å². The number of nitrogens with zero attached hydrogens (tertiary/aromatic N) is 2. The van der Waals surface area contributed by atoms with Crippen LogP contribution >= 0.6 is 0 Å². The summed E-state index contributed by atoms with van der Waals surface area (Å²) in [5.41, 5.74) is 0. The van der Waals surface area contributed by atoms with Gasteiger partial charge in [0.1, 0.15) is 5.82 Å². The second-order valence-corrected chi connectivity index (χ2v) is 4.69. The lowest BCUT2D eigenvalue weighted by atomic mass is 9.91. The van der Waals surface area contributed by atoms with Crippen molar-refractivity contribution in [2.45, 2.75) is 38.8 Å². The van der Waals surface area contributed by atoms with E-state index in [1.54, 1.807) is 0 Å². The predicted molar refractivity (Wildman–Crippen MR) is 67.9 cm³/mol. The summed E-state index contributed by atoms with van der Waals surface area (Å²) in [5.74, 6) is 1.83. The van der Waals surface area contributed by atoms with Gasteiger partial charge in [-0.15, -0.1) is 0 Å². The van der Waals surface area contributed by atoms with Crippen molar-refractivity contribution in [2.24, 2.45) is 5.92 Å². The van der Waals surface area contributed by atoms with Gasteiger partial charge in [-0.05, 0) is 32.2 Å². The fraction of sp³-hybridized carbons (Fsp3) is 0.769. The van der Waals surface area contributed by atoms with E-state index in [0.29, 0.717) is 12.0 Å². The average Bonchev–Trinajstić information content (AvgIpc) is 2.81. The molecule has 1 unspecified atom stereocenters. The van der Waals surface area contributed by atoms with Crippen LogP contribution in [0.2, 0.25) is 0 Å². The van der Waals surface area contributed by atoms with E-state index < -0.39 is 0 Å². The highest BCUT2D eigenvalue weighted by atomic mass is 16.5. The molecule has 1 aliphatic heterocycles. The number of ether oxygens (including phenoxy) is 1. The maximum atomic E-state index is 5.43. The molecular weight excluding hydrogens is 214 g/mol. The molecule has 96 valence electrons. The first-order valence-electron chi connectivity index (χ1n) is 6.62. The summed E-state index contributed by atoms with van der Waals surface area (Å²) in [6.45, 7) is 5.03. The van der Waals surface area contributed by atoms with E-state index in [4.69, 9.17) is 4.74 Å². The molecule has 4 heteroatoms. The first-order valence-corrected chi connectivity index (χ1v) is 6.62. The summed E-state index contributed by atoms with van der Waals surface area (Å²) >= 11 is 0. The quantitative estimate of drug-likeness (QED) is 0.851. The lowest BCUT2D eigenvalue weighted by molar-refractivity contribution is 0.0530. The van der Waals surface area contributed by atoms with Crippen molar-refractivity contribution in [1.82, 2.24) is 14.9 Å². The summed E-state index contributed by atoms with van der Waals surface area (Å²) in [4.78, 5) is 4.54. The minimum atomic E-state index is 0.362. The fourth-order valence-corrected chi connectivity index (χ4v) is 2.65. The normalized spacial score (nSPS) is 19.4. The maximum Gasteiger partial charge on any atom is 0.126 e. The van der Waals surface area contributed by atoms with Crippen molar-refractivity contribution in [3.8, 4) is 0 Å². The minimum Gasteiger partial charge on any atom is -0.381 e. The molecule has 1 atom stereocenters. The van der Waals surface area contributed by atoms with E-state index in [9.17, 15) is 0 Å². The third-order valence-electron chi connectivity index (χ3n) is 3.54. The number of hydrogen-bond acceptors (Lipinski definition) is 3. The summed E-state index contributed by atoms with van der Waals surface area (Å²) in [7, 11) is 2.03. The highest BCUT2D eigenvalue weighted by Gasteiger charge is 2.27.